The smallest absolute Gasteiger partial charge is 0.141 e. The molecule has 0 spiro atoms. The van der Waals surface area contributed by atoms with Crippen LogP contribution < -0.4 is 14.8 Å². The number of aryl methyl sites for hydroxylation is 1. The van der Waals surface area contributed by atoms with Crippen molar-refractivity contribution in [3.63, 3.8) is 0 Å². The number of benzene rings is 2. The number of ether oxygens (including phenoxy) is 2. The molecule has 112 valence electrons. The Morgan fingerprint density at radius 2 is 1.90 bits per heavy atom. The van der Waals surface area contributed by atoms with Crippen LogP contribution >= 0.6 is 0 Å². The number of nitrogens with one attached hydrogen (secondary N) is 1. The first-order valence-corrected chi connectivity index (χ1v) is 7.22. The second-order valence-corrected chi connectivity index (χ2v) is 5.37. The number of rotatable bonds is 6. The van der Waals surface area contributed by atoms with Gasteiger partial charge in [-0.1, -0.05) is 18.2 Å². The summed E-state index contributed by atoms with van der Waals surface area (Å²) in [5.74, 6) is 1.76. The van der Waals surface area contributed by atoms with E-state index in [1.807, 2.05) is 38.1 Å². The molecule has 2 aromatic rings. The van der Waals surface area contributed by atoms with Crippen LogP contribution in [-0.2, 0) is 6.54 Å². The Kier molecular flexibility index (Phi) is 5.09. The molecule has 3 nitrogen and oxygen atoms in total. The Morgan fingerprint density at radius 1 is 1.10 bits per heavy atom. The number of hydrogen-bond donors (Lipinski definition) is 1. The maximum Gasteiger partial charge on any atom is 0.141 e. The minimum absolute atomic E-state index is 0.185. The van der Waals surface area contributed by atoms with Crippen molar-refractivity contribution in [1.29, 1.82) is 0 Å². The van der Waals surface area contributed by atoms with Crippen LogP contribution in [0.15, 0.2) is 42.5 Å². The van der Waals surface area contributed by atoms with E-state index < -0.39 is 0 Å². The predicted octanol–water partition coefficient (Wildman–Crippen LogP) is 4.40. The SMILES string of the molecule is COc1ccc(C)cc1NCc1cccc(OC(C)C)c1. The standard InChI is InChI=1S/C18H23NO2/c1-13(2)21-16-7-5-6-15(11-16)12-19-17-10-14(3)8-9-18(17)20-4/h5-11,13,19H,12H2,1-4H3. The van der Waals surface area contributed by atoms with Gasteiger partial charge in [-0.25, -0.2) is 0 Å². The normalized spacial score (nSPS) is 10.5. The molecule has 0 fully saturated rings. The molecule has 0 amide bonds. The van der Waals surface area contributed by atoms with Gasteiger partial charge in [0.15, 0.2) is 0 Å². The highest BCUT2D eigenvalue weighted by Crippen LogP contribution is 2.26. The molecule has 21 heavy (non-hydrogen) atoms. The van der Waals surface area contributed by atoms with Gasteiger partial charge in [0.25, 0.3) is 0 Å². The lowest BCUT2D eigenvalue weighted by Gasteiger charge is -2.14. The lowest BCUT2D eigenvalue weighted by atomic mass is 10.1. The van der Waals surface area contributed by atoms with E-state index in [4.69, 9.17) is 9.47 Å². The molecule has 0 aliphatic carbocycles. The lowest BCUT2D eigenvalue weighted by Crippen LogP contribution is -2.06. The third-order valence-electron chi connectivity index (χ3n) is 3.11. The van der Waals surface area contributed by atoms with Crippen LogP contribution in [0.3, 0.4) is 0 Å². The van der Waals surface area contributed by atoms with Crippen LogP contribution in [0.1, 0.15) is 25.0 Å². The van der Waals surface area contributed by atoms with Crippen molar-refractivity contribution >= 4 is 5.69 Å². The molecule has 1 N–H and O–H groups in total. The molecule has 0 radical (unpaired) electrons. The van der Waals surface area contributed by atoms with E-state index in [1.165, 1.54) is 11.1 Å². The van der Waals surface area contributed by atoms with Gasteiger partial charge in [-0.05, 0) is 56.2 Å². The fourth-order valence-electron chi connectivity index (χ4n) is 2.16. The molecule has 0 atom stereocenters. The second kappa shape index (κ2) is 7.02. The minimum Gasteiger partial charge on any atom is -0.495 e. The summed E-state index contributed by atoms with van der Waals surface area (Å²) in [7, 11) is 1.69. The summed E-state index contributed by atoms with van der Waals surface area (Å²) in [6.45, 7) is 6.86. The van der Waals surface area contributed by atoms with Gasteiger partial charge in [0.1, 0.15) is 11.5 Å². The van der Waals surface area contributed by atoms with Crippen LogP contribution in [-0.4, -0.2) is 13.2 Å². The highest BCUT2D eigenvalue weighted by molar-refractivity contribution is 5.58. The number of hydrogen-bond acceptors (Lipinski definition) is 3. The van der Waals surface area contributed by atoms with Crippen LogP contribution in [0.5, 0.6) is 11.5 Å². The summed E-state index contributed by atoms with van der Waals surface area (Å²) in [6, 6.07) is 14.3. The van der Waals surface area contributed by atoms with E-state index in [-0.39, 0.29) is 6.10 Å². The summed E-state index contributed by atoms with van der Waals surface area (Å²) in [4.78, 5) is 0. The second-order valence-electron chi connectivity index (χ2n) is 5.37. The maximum atomic E-state index is 5.72. The van der Waals surface area contributed by atoms with Gasteiger partial charge < -0.3 is 14.8 Å². The predicted molar refractivity (Wildman–Crippen MR) is 87.3 cm³/mol. The summed E-state index contributed by atoms with van der Waals surface area (Å²) >= 11 is 0. The van der Waals surface area contributed by atoms with Crippen molar-refractivity contribution in [1.82, 2.24) is 0 Å². The summed E-state index contributed by atoms with van der Waals surface area (Å²) < 4.78 is 11.1. The fraction of sp³-hybridized carbons (Fsp3) is 0.333. The molecule has 2 rings (SSSR count). The van der Waals surface area contributed by atoms with Gasteiger partial charge in [0, 0.05) is 6.54 Å². The van der Waals surface area contributed by atoms with Crippen molar-refractivity contribution < 1.29 is 9.47 Å². The van der Waals surface area contributed by atoms with Gasteiger partial charge in [-0.3, -0.25) is 0 Å². The minimum atomic E-state index is 0.185. The van der Waals surface area contributed by atoms with Gasteiger partial charge in [0.2, 0.25) is 0 Å². The first-order valence-electron chi connectivity index (χ1n) is 7.22. The first kappa shape index (κ1) is 15.2. The van der Waals surface area contributed by atoms with Crippen LogP contribution in [0, 0.1) is 6.92 Å². The van der Waals surface area contributed by atoms with Crippen molar-refractivity contribution in [3.8, 4) is 11.5 Å². The number of methoxy groups -OCH3 is 1. The molecule has 0 unspecified atom stereocenters. The highest BCUT2D eigenvalue weighted by Gasteiger charge is 2.04. The zero-order chi connectivity index (χ0) is 15.2. The van der Waals surface area contributed by atoms with Crippen LogP contribution in [0.4, 0.5) is 5.69 Å². The lowest BCUT2D eigenvalue weighted by molar-refractivity contribution is 0.242. The molecule has 0 aliphatic heterocycles. The Labute approximate surface area is 126 Å². The highest BCUT2D eigenvalue weighted by atomic mass is 16.5. The van der Waals surface area contributed by atoms with E-state index >= 15 is 0 Å². The van der Waals surface area contributed by atoms with Crippen molar-refractivity contribution in [3.05, 3.63) is 53.6 Å². The summed E-state index contributed by atoms with van der Waals surface area (Å²) in [5.41, 5.74) is 3.39. The Hall–Kier alpha value is -2.16. The third kappa shape index (κ3) is 4.42. The largest absolute Gasteiger partial charge is 0.495 e. The average Bonchev–Trinajstić information content (AvgIpc) is 2.45. The third-order valence-corrected chi connectivity index (χ3v) is 3.11. The zero-order valence-electron chi connectivity index (χ0n) is 13.1. The van der Waals surface area contributed by atoms with Gasteiger partial charge >= 0.3 is 0 Å². The molecule has 0 heterocycles. The quantitative estimate of drug-likeness (QED) is 0.853. The molecule has 0 aliphatic rings. The molecule has 0 saturated carbocycles. The Balaban J connectivity index is 2.07. The van der Waals surface area contributed by atoms with Crippen LogP contribution in [0.2, 0.25) is 0 Å². The molecule has 3 heteroatoms. The maximum absolute atomic E-state index is 5.72. The molecular formula is C18H23NO2. The average molecular weight is 285 g/mol. The first-order chi connectivity index (χ1) is 10.1. The molecule has 0 aromatic heterocycles. The van der Waals surface area contributed by atoms with Crippen molar-refractivity contribution in [2.24, 2.45) is 0 Å². The van der Waals surface area contributed by atoms with Crippen LogP contribution in [0.25, 0.3) is 0 Å². The zero-order valence-corrected chi connectivity index (χ0v) is 13.1. The van der Waals surface area contributed by atoms with Gasteiger partial charge in [0.05, 0.1) is 18.9 Å². The van der Waals surface area contributed by atoms with Crippen molar-refractivity contribution in [2.75, 3.05) is 12.4 Å². The van der Waals surface area contributed by atoms with Crippen molar-refractivity contribution in [2.45, 2.75) is 33.4 Å². The molecule has 0 bridgehead atoms. The Morgan fingerprint density at radius 3 is 2.62 bits per heavy atom. The van der Waals surface area contributed by atoms with Gasteiger partial charge in [-0.2, -0.15) is 0 Å². The summed E-state index contributed by atoms with van der Waals surface area (Å²) in [5, 5.41) is 3.42. The molecular weight excluding hydrogens is 262 g/mol. The summed E-state index contributed by atoms with van der Waals surface area (Å²) in [6.07, 6.45) is 0.185. The molecule has 0 saturated heterocycles. The Bertz CT molecular complexity index is 594. The number of anilines is 1. The topological polar surface area (TPSA) is 30.5 Å². The molecule has 2 aromatic carbocycles. The van der Waals surface area contributed by atoms with E-state index in [0.29, 0.717) is 0 Å². The van der Waals surface area contributed by atoms with E-state index in [9.17, 15) is 0 Å². The fourth-order valence-corrected chi connectivity index (χ4v) is 2.16. The van der Waals surface area contributed by atoms with E-state index in [1.54, 1.807) is 7.11 Å². The monoisotopic (exact) mass is 285 g/mol. The van der Waals surface area contributed by atoms with Gasteiger partial charge in [-0.15, -0.1) is 0 Å². The van der Waals surface area contributed by atoms with E-state index in [0.717, 1.165) is 23.7 Å². The van der Waals surface area contributed by atoms with E-state index in [2.05, 4.69) is 30.4 Å².